The van der Waals surface area contributed by atoms with Crippen molar-refractivity contribution < 1.29 is 19.1 Å². The minimum Gasteiger partial charge on any atom is -0.469 e. The number of carbonyl (C=O) groups excluding carboxylic acids is 3. The fraction of sp³-hybridized carbons (Fsp3) is 0.308. The van der Waals surface area contributed by atoms with E-state index in [-0.39, 0.29) is 23.6 Å². The first-order valence-electron chi connectivity index (χ1n) is 6.06. The number of methoxy groups -OCH3 is 1. The topological polar surface area (TPSA) is 75.7 Å². The Hall–Kier alpha value is -1.79. The van der Waals surface area contributed by atoms with Gasteiger partial charge in [0.25, 0.3) is 5.91 Å². The fourth-order valence-corrected chi connectivity index (χ4v) is 2.51. The van der Waals surface area contributed by atoms with Crippen molar-refractivity contribution in [2.45, 2.75) is 6.42 Å². The average Bonchev–Trinajstić information content (AvgIpc) is 2.45. The van der Waals surface area contributed by atoms with Gasteiger partial charge in [0.15, 0.2) is 0 Å². The highest BCUT2D eigenvalue weighted by molar-refractivity contribution is 6.36. The first-order valence-corrected chi connectivity index (χ1v) is 6.82. The minimum atomic E-state index is -0.696. The van der Waals surface area contributed by atoms with E-state index in [1.54, 1.807) is 0 Å². The normalized spacial score (nSPS) is 18.1. The van der Waals surface area contributed by atoms with Crippen LogP contribution in [0.15, 0.2) is 18.2 Å². The van der Waals surface area contributed by atoms with Crippen molar-refractivity contribution in [3.8, 4) is 0 Å². The first kappa shape index (κ1) is 15.6. The molecule has 1 aliphatic rings. The third kappa shape index (κ3) is 3.46. The molecule has 1 fully saturated rings. The van der Waals surface area contributed by atoms with Gasteiger partial charge in [-0.15, -0.1) is 0 Å². The van der Waals surface area contributed by atoms with Crippen LogP contribution in [0, 0.1) is 5.92 Å². The van der Waals surface area contributed by atoms with Gasteiger partial charge in [-0.1, -0.05) is 23.2 Å². The maximum absolute atomic E-state index is 12.4. The van der Waals surface area contributed by atoms with Gasteiger partial charge < -0.3 is 4.74 Å². The molecule has 8 heteroatoms. The molecule has 1 aliphatic heterocycles. The highest BCUT2D eigenvalue weighted by Crippen LogP contribution is 2.23. The van der Waals surface area contributed by atoms with Crippen LogP contribution in [0.25, 0.3) is 0 Å². The van der Waals surface area contributed by atoms with Crippen LogP contribution in [0.2, 0.25) is 10.0 Å². The van der Waals surface area contributed by atoms with Gasteiger partial charge in [-0.3, -0.25) is 19.8 Å². The maximum Gasteiger partial charge on any atom is 0.311 e. The number of benzene rings is 1. The second-order valence-electron chi connectivity index (χ2n) is 4.50. The second kappa shape index (κ2) is 6.32. The van der Waals surface area contributed by atoms with Crippen LogP contribution in [-0.2, 0) is 14.3 Å². The van der Waals surface area contributed by atoms with Crippen LogP contribution in [0.4, 0.5) is 0 Å². The van der Waals surface area contributed by atoms with Crippen LogP contribution in [-0.4, -0.2) is 36.4 Å². The Bertz CT molecular complexity index is 606. The summed E-state index contributed by atoms with van der Waals surface area (Å²) in [5.74, 6) is -2.18. The van der Waals surface area contributed by atoms with E-state index in [0.717, 1.165) is 5.01 Å². The molecule has 1 unspecified atom stereocenters. The number of rotatable bonds is 2. The van der Waals surface area contributed by atoms with E-state index in [2.05, 4.69) is 10.2 Å². The standard InChI is InChI=1S/C13H12Cl2N2O4/c1-21-13(20)7-4-11(18)16-17(6-7)12(19)9-3-2-8(14)5-10(9)15/h2-3,5,7H,4,6H2,1H3,(H,16,18). The van der Waals surface area contributed by atoms with Crippen LogP contribution in [0.3, 0.4) is 0 Å². The number of nitrogens with zero attached hydrogens (tertiary/aromatic N) is 1. The number of ether oxygens (including phenoxy) is 1. The van der Waals surface area contributed by atoms with E-state index < -0.39 is 23.7 Å². The molecule has 1 heterocycles. The van der Waals surface area contributed by atoms with Gasteiger partial charge in [0.2, 0.25) is 5.91 Å². The molecule has 0 aromatic heterocycles. The summed E-state index contributed by atoms with van der Waals surface area (Å²) in [4.78, 5) is 35.5. The Kier molecular flexibility index (Phi) is 4.69. The molecule has 1 aromatic rings. The minimum absolute atomic E-state index is 0.0230. The monoisotopic (exact) mass is 330 g/mol. The first-order chi connectivity index (χ1) is 9.92. The number of esters is 1. The molecular formula is C13H12Cl2N2O4. The zero-order valence-corrected chi connectivity index (χ0v) is 12.6. The van der Waals surface area contributed by atoms with Crippen molar-refractivity contribution in [3.63, 3.8) is 0 Å². The molecule has 1 N–H and O–H groups in total. The van der Waals surface area contributed by atoms with E-state index in [9.17, 15) is 14.4 Å². The number of amides is 2. The van der Waals surface area contributed by atoms with Crippen molar-refractivity contribution in [2.24, 2.45) is 5.92 Å². The summed E-state index contributed by atoms with van der Waals surface area (Å²) in [7, 11) is 1.23. The molecule has 21 heavy (non-hydrogen) atoms. The lowest BCUT2D eigenvalue weighted by Crippen LogP contribution is -2.54. The lowest BCUT2D eigenvalue weighted by molar-refractivity contribution is -0.151. The molecule has 0 spiro atoms. The molecule has 1 aromatic carbocycles. The Morgan fingerprint density at radius 2 is 2.10 bits per heavy atom. The molecule has 2 amide bonds. The Morgan fingerprint density at radius 1 is 1.38 bits per heavy atom. The number of nitrogens with one attached hydrogen (secondary N) is 1. The molecule has 2 rings (SSSR count). The summed E-state index contributed by atoms with van der Waals surface area (Å²) >= 11 is 11.7. The highest BCUT2D eigenvalue weighted by Gasteiger charge is 2.34. The largest absolute Gasteiger partial charge is 0.469 e. The van der Waals surface area contributed by atoms with Crippen LogP contribution < -0.4 is 5.43 Å². The van der Waals surface area contributed by atoms with Crippen LogP contribution in [0.1, 0.15) is 16.8 Å². The zero-order chi connectivity index (χ0) is 15.6. The summed E-state index contributed by atoms with van der Waals surface area (Å²) in [6.45, 7) is 0.0240. The van der Waals surface area contributed by atoms with Gasteiger partial charge >= 0.3 is 5.97 Å². The lowest BCUT2D eigenvalue weighted by atomic mass is 10.0. The molecular weight excluding hydrogens is 319 g/mol. The van der Waals surface area contributed by atoms with Gasteiger partial charge in [0.1, 0.15) is 0 Å². The molecule has 0 aliphatic carbocycles. The lowest BCUT2D eigenvalue weighted by Gasteiger charge is -2.31. The predicted molar refractivity (Wildman–Crippen MR) is 75.8 cm³/mol. The molecule has 1 atom stereocenters. The average molecular weight is 331 g/mol. The molecule has 112 valence electrons. The third-order valence-corrected chi connectivity index (χ3v) is 3.58. The molecule has 0 bridgehead atoms. The summed E-state index contributed by atoms with van der Waals surface area (Å²) in [5, 5.41) is 1.62. The fourth-order valence-electron chi connectivity index (χ4n) is 2.02. The van der Waals surface area contributed by atoms with E-state index in [0.29, 0.717) is 5.02 Å². The highest BCUT2D eigenvalue weighted by atomic mass is 35.5. The Morgan fingerprint density at radius 3 is 2.71 bits per heavy atom. The van der Waals surface area contributed by atoms with Crippen molar-refractivity contribution in [1.29, 1.82) is 0 Å². The smallest absolute Gasteiger partial charge is 0.311 e. The van der Waals surface area contributed by atoms with Crippen molar-refractivity contribution in [3.05, 3.63) is 33.8 Å². The molecule has 6 nitrogen and oxygen atoms in total. The maximum atomic E-state index is 12.4. The van der Waals surface area contributed by atoms with E-state index >= 15 is 0 Å². The molecule has 0 radical (unpaired) electrons. The van der Waals surface area contributed by atoms with Gasteiger partial charge in [-0.2, -0.15) is 0 Å². The summed E-state index contributed by atoms with van der Waals surface area (Å²) in [6.07, 6.45) is -0.0230. The number of hydrogen-bond acceptors (Lipinski definition) is 4. The predicted octanol–water partition coefficient (Wildman–Crippen LogP) is 1.66. The summed E-state index contributed by atoms with van der Waals surface area (Å²) in [5.41, 5.74) is 2.60. The van der Waals surface area contributed by atoms with Crippen LogP contribution in [0.5, 0.6) is 0 Å². The van der Waals surface area contributed by atoms with E-state index in [1.165, 1.54) is 25.3 Å². The second-order valence-corrected chi connectivity index (χ2v) is 5.34. The van der Waals surface area contributed by atoms with E-state index in [4.69, 9.17) is 23.2 Å². The quantitative estimate of drug-likeness (QED) is 0.837. The van der Waals surface area contributed by atoms with Crippen molar-refractivity contribution in [2.75, 3.05) is 13.7 Å². The number of halogens is 2. The van der Waals surface area contributed by atoms with Crippen molar-refractivity contribution in [1.82, 2.24) is 10.4 Å². The SMILES string of the molecule is COC(=O)C1CC(=O)NN(C(=O)c2ccc(Cl)cc2Cl)C1. The summed E-state index contributed by atoms with van der Waals surface area (Å²) < 4.78 is 4.61. The summed E-state index contributed by atoms with van der Waals surface area (Å²) in [6, 6.07) is 4.41. The number of hydrazine groups is 1. The van der Waals surface area contributed by atoms with Crippen molar-refractivity contribution >= 4 is 41.0 Å². The Balaban J connectivity index is 2.21. The van der Waals surface area contributed by atoms with Gasteiger partial charge in [0, 0.05) is 11.4 Å². The van der Waals surface area contributed by atoms with Crippen LogP contribution >= 0.6 is 23.2 Å². The van der Waals surface area contributed by atoms with Gasteiger partial charge in [-0.05, 0) is 18.2 Å². The van der Waals surface area contributed by atoms with E-state index in [1.807, 2.05) is 0 Å². The van der Waals surface area contributed by atoms with Gasteiger partial charge in [-0.25, -0.2) is 5.01 Å². The molecule has 1 saturated heterocycles. The third-order valence-electron chi connectivity index (χ3n) is 3.04. The zero-order valence-electron chi connectivity index (χ0n) is 11.1. The Labute approximate surface area is 130 Å². The number of carbonyl (C=O) groups is 3. The molecule has 0 saturated carbocycles. The van der Waals surface area contributed by atoms with Gasteiger partial charge in [0.05, 0.1) is 30.2 Å². The number of hydrogen-bond donors (Lipinski definition) is 1.